The van der Waals surface area contributed by atoms with E-state index < -0.39 is 17.7 Å². The fraction of sp³-hybridized carbons (Fsp3) is 0.160. The number of pyridine rings is 1. The van der Waals surface area contributed by atoms with Crippen molar-refractivity contribution in [3.05, 3.63) is 98.8 Å². The Morgan fingerprint density at radius 2 is 1.76 bits per heavy atom. The van der Waals surface area contributed by atoms with Crippen LogP contribution in [0, 0.1) is 6.92 Å². The Balaban J connectivity index is 1.90. The zero-order chi connectivity index (χ0) is 23.7. The van der Waals surface area contributed by atoms with Gasteiger partial charge in [0.1, 0.15) is 5.76 Å². The Hall–Kier alpha value is -3.35. The van der Waals surface area contributed by atoms with E-state index in [0.29, 0.717) is 5.56 Å². The number of aryl methyl sites for hydroxylation is 1. The first kappa shape index (κ1) is 22.8. The van der Waals surface area contributed by atoms with Crippen LogP contribution < -0.4 is 4.74 Å². The molecular formula is C25H20Cl2N2O4. The van der Waals surface area contributed by atoms with Gasteiger partial charge in [0, 0.05) is 24.5 Å². The highest BCUT2D eigenvalue weighted by atomic mass is 35.5. The number of likely N-dealkylation sites (tertiary alicyclic amines) is 1. The summed E-state index contributed by atoms with van der Waals surface area (Å²) in [5.41, 5.74) is 2.65. The summed E-state index contributed by atoms with van der Waals surface area (Å²) in [6.07, 6.45) is 3.24. The van der Waals surface area contributed by atoms with Gasteiger partial charge in [0.15, 0.2) is 5.75 Å². The topological polar surface area (TPSA) is 79.7 Å². The van der Waals surface area contributed by atoms with Gasteiger partial charge in [-0.05, 0) is 42.3 Å². The number of halogens is 2. The van der Waals surface area contributed by atoms with Crippen molar-refractivity contribution in [2.24, 2.45) is 0 Å². The molecule has 1 atom stereocenters. The van der Waals surface area contributed by atoms with E-state index in [2.05, 4.69) is 4.98 Å². The molecule has 2 aromatic carbocycles. The lowest BCUT2D eigenvalue weighted by atomic mass is 9.94. The van der Waals surface area contributed by atoms with Crippen LogP contribution in [0.15, 0.2) is 66.5 Å². The number of amides is 1. The van der Waals surface area contributed by atoms with Crippen molar-refractivity contribution in [2.75, 3.05) is 7.11 Å². The summed E-state index contributed by atoms with van der Waals surface area (Å²) in [5.74, 6) is -1.59. The van der Waals surface area contributed by atoms with Gasteiger partial charge in [0.2, 0.25) is 0 Å². The number of Topliss-reactive ketones (excluding diaryl/α,β-unsaturated/α-hetero) is 1. The first-order chi connectivity index (χ1) is 15.8. The zero-order valence-electron chi connectivity index (χ0n) is 17.9. The van der Waals surface area contributed by atoms with Crippen LogP contribution in [0.1, 0.15) is 28.3 Å². The number of ether oxygens (including phenoxy) is 1. The van der Waals surface area contributed by atoms with E-state index in [-0.39, 0.29) is 39.2 Å². The summed E-state index contributed by atoms with van der Waals surface area (Å²) in [6.45, 7) is 2.09. The third-order valence-corrected chi connectivity index (χ3v) is 6.04. The molecule has 1 fully saturated rings. The zero-order valence-corrected chi connectivity index (χ0v) is 19.4. The molecule has 1 unspecified atom stereocenters. The molecule has 6 nitrogen and oxygen atoms in total. The van der Waals surface area contributed by atoms with Crippen LogP contribution in [0.5, 0.6) is 5.75 Å². The molecule has 2 heterocycles. The maximum absolute atomic E-state index is 13.2. The molecule has 4 rings (SSSR count). The number of benzene rings is 2. The number of carbonyl (C=O) groups excluding carboxylic acids is 2. The average molecular weight is 483 g/mol. The third kappa shape index (κ3) is 4.32. The molecule has 3 aromatic rings. The maximum Gasteiger partial charge on any atom is 0.295 e. The average Bonchev–Trinajstić information content (AvgIpc) is 3.04. The Labute approximate surface area is 201 Å². The molecule has 1 aliphatic heterocycles. The van der Waals surface area contributed by atoms with Gasteiger partial charge in [-0.1, -0.05) is 53.0 Å². The van der Waals surface area contributed by atoms with Crippen molar-refractivity contribution in [3.63, 3.8) is 0 Å². The SMILES string of the molecule is COc1c(Cl)cc(/C(O)=C2\C(=O)C(=O)N(Cc3ccncc3)C2c2cccc(C)c2)cc1Cl. The summed E-state index contributed by atoms with van der Waals surface area (Å²) in [7, 11) is 1.43. The summed E-state index contributed by atoms with van der Waals surface area (Å²) < 4.78 is 5.17. The van der Waals surface area contributed by atoms with Crippen molar-refractivity contribution in [1.29, 1.82) is 0 Å². The van der Waals surface area contributed by atoms with Crippen molar-refractivity contribution in [3.8, 4) is 5.75 Å². The molecule has 1 aliphatic rings. The lowest BCUT2D eigenvalue weighted by Gasteiger charge is -2.25. The molecule has 0 saturated carbocycles. The van der Waals surface area contributed by atoms with Crippen molar-refractivity contribution in [1.82, 2.24) is 9.88 Å². The van der Waals surface area contributed by atoms with E-state index >= 15 is 0 Å². The fourth-order valence-electron chi connectivity index (χ4n) is 3.96. The van der Waals surface area contributed by atoms with Gasteiger partial charge < -0.3 is 14.7 Å². The largest absolute Gasteiger partial charge is 0.507 e. The number of nitrogens with zero attached hydrogens (tertiary/aromatic N) is 2. The second-order valence-corrected chi connectivity index (χ2v) is 8.48. The van der Waals surface area contributed by atoms with Crippen LogP contribution in [0.3, 0.4) is 0 Å². The highest BCUT2D eigenvalue weighted by Gasteiger charge is 2.46. The Morgan fingerprint density at radius 3 is 2.36 bits per heavy atom. The lowest BCUT2D eigenvalue weighted by molar-refractivity contribution is -0.140. The van der Waals surface area contributed by atoms with E-state index in [1.807, 2.05) is 31.2 Å². The Morgan fingerprint density at radius 1 is 1.09 bits per heavy atom. The number of rotatable bonds is 5. The minimum atomic E-state index is -0.794. The minimum Gasteiger partial charge on any atom is -0.507 e. The summed E-state index contributed by atoms with van der Waals surface area (Å²) in [5, 5.41) is 11.6. The number of methoxy groups -OCH3 is 1. The molecular weight excluding hydrogens is 463 g/mol. The molecule has 0 spiro atoms. The molecule has 1 saturated heterocycles. The van der Waals surface area contributed by atoms with Crippen molar-refractivity contribution >= 4 is 40.7 Å². The number of ketones is 1. The normalized spacial score (nSPS) is 17.5. The Kier molecular flexibility index (Phi) is 6.40. The first-order valence-electron chi connectivity index (χ1n) is 10.1. The van der Waals surface area contributed by atoms with Crippen LogP contribution in [0.25, 0.3) is 5.76 Å². The molecule has 1 amide bonds. The molecule has 33 heavy (non-hydrogen) atoms. The van der Waals surface area contributed by atoms with Crippen LogP contribution in [0.4, 0.5) is 0 Å². The standard InChI is InChI=1S/C25H20Cl2N2O4/c1-14-4-3-5-16(10-14)21-20(22(30)17-11-18(26)24(33-2)19(27)12-17)23(31)25(32)29(21)13-15-6-8-28-9-7-15/h3-12,21,30H,13H2,1-2H3/b22-20+. The molecule has 8 heteroatoms. The first-order valence-corrected chi connectivity index (χ1v) is 10.8. The number of aliphatic hydroxyl groups excluding tert-OH is 1. The van der Waals surface area contributed by atoms with Crippen LogP contribution >= 0.6 is 23.2 Å². The summed E-state index contributed by atoms with van der Waals surface area (Å²) in [6, 6.07) is 13.1. The van der Waals surface area contributed by atoms with E-state index in [9.17, 15) is 14.7 Å². The van der Waals surface area contributed by atoms with Crippen molar-refractivity contribution < 1.29 is 19.4 Å². The van der Waals surface area contributed by atoms with Crippen LogP contribution in [-0.2, 0) is 16.1 Å². The number of carbonyl (C=O) groups is 2. The van der Waals surface area contributed by atoms with E-state index in [1.165, 1.54) is 24.1 Å². The maximum atomic E-state index is 13.2. The van der Waals surface area contributed by atoms with Crippen LogP contribution in [-0.4, -0.2) is 33.8 Å². The van der Waals surface area contributed by atoms with E-state index in [4.69, 9.17) is 27.9 Å². The number of hydrogen-bond acceptors (Lipinski definition) is 5. The minimum absolute atomic E-state index is 0.0306. The number of hydrogen-bond donors (Lipinski definition) is 1. The Bertz CT molecular complexity index is 1250. The van der Waals surface area contributed by atoms with Gasteiger partial charge in [-0.15, -0.1) is 0 Å². The van der Waals surface area contributed by atoms with E-state index in [0.717, 1.165) is 11.1 Å². The predicted octanol–water partition coefficient (Wildman–Crippen LogP) is 5.33. The third-order valence-electron chi connectivity index (χ3n) is 5.48. The molecule has 0 bridgehead atoms. The second-order valence-electron chi connectivity index (χ2n) is 7.67. The summed E-state index contributed by atoms with van der Waals surface area (Å²) >= 11 is 12.5. The smallest absolute Gasteiger partial charge is 0.295 e. The summed E-state index contributed by atoms with van der Waals surface area (Å²) in [4.78, 5) is 31.7. The lowest BCUT2D eigenvalue weighted by Crippen LogP contribution is -2.29. The molecule has 1 aromatic heterocycles. The highest BCUT2D eigenvalue weighted by molar-refractivity contribution is 6.46. The fourth-order valence-corrected chi connectivity index (χ4v) is 4.60. The number of aliphatic hydroxyl groups is 1. The monoisotopic (exact) mass is 482 g/mol. The van der Waals surface area contributed by atoms with Gasteiger partial charge in [0.05, 0.1) is 28.8 Å². The second kappa shape index (κ2) is 9.25. The van der Waals surface area contributed by atoms with Gasteiger partial charge in [-0.3, -0.25) is 14.6 Å². The predicted molar refractivity (Wildman–Crippen MR) is 126 cm³/mol. The van der Waals surface area contributed by atoms with Gasteiger partial charge in [0.25, 0.3) is 11.7 Å². The van der Waals surface area contributed by atoms with Crippen molar-refractivity contribution in [2.45, 2.75) is 19.5 Å². The highest BCUT2D eigenvalue weighted by Crippen LogP contribution is 2.42. The molecule has 168 valence electrons. The molecule has 0 radical (unpaired) electrons. The van der Waals surface area contributed by atoms with Gasteiger partial charge in [-0.2, -0.15) is 0 Å². The van der Waals surface area contributed by atoms with Gasteiger partial charge >= 0.3 is 0 Å². The quantitative estimate of drug-likeness (QED) is 0.302. The molecule has 1 N–H and O–H groups in total. The molecule has 0 aliphatic carbocycles. The van der Waals surface area contributed by atoms with Gasteiger partial charge in [-0.25, -0.2) is 0 Å². The van der Waals surface area contributed by atoms with E-state index in [1.54, 1.807) is 24.5 Å². The number of aromatic nitrogens is 1. The van der Waals surface area contributed by atoms with Crippen LogP contribution in [0.2, 0.25) is 10.0 Å².